The van der Waals surface area contributed by atoms with Gasteiger partial charge < -0.3 is 38.1 Å². The molecule has 27 rings (SSSR count). The molecule has 658 valence electrons. The van der Waals surface area contributed by atoms with Gasteiger partial charge in [-0.05, 0) is 245 Å². The number of benzene rings is 21. The molecule has 5 aliphatic rings. The Morgan fingerprint density at radius 2 is 0.561 bits per heavy atom. The zero-order chi connectivity index (χ0) is 92.3. The maximum atomic E-state index is 6.94. The van der Waals surface area contributed by atoms with Crippen molar-refractivity contribution in [2.45, 2.75) is 30.1 Å². The molecule has 0 saturated heterocycles. The normalized spacial score (nSPS) is 14.7. The lowest BCUT2D eigenvalue weighted by Gasteiger charge is -2.37. The first-order valence-corrected chi connectivity index (χ1v) is 47.6. The summed E-state index contributed by atoms with van der Waals surface area (Å²) in [6.07, 6.45) is 0. The molecular formula is C131H89N3O5. The van der Waals surface area contributed by atoms with E-state index in [1.807, 2.05) is 60.7 Å². The van der Waals surface area contributed by atoms with Crippen LogP contribution in [0.3, 0.4) is 0 Å². The number of furan rings is 1. The third-order valence-electron chi connectivity index (χ3n) is 28.8. The number of fused-ring (bicyclic) bond motifs is 18. The summed E-state index contributed by atoms with van der Waals surface area (Å²) in [5.74, 6) is 5.71. The van der Waals surface area contributed by atoms with Crippen molar-refractivity contribution in [2.75, 3.05) is 14.7 Å². The van der Waals surface area contributed by atoms with E-state index in [1.54, 1.807) is 0 Å². The standard InChI is InChI=1S/C67H44N2O3.C64H45NO2/c1-4-17-49(18-5-1)68(50-19-6-2-7-20-50)52-41-37-48(38-42-52)67(57-26-12-10-24-56(57)64-58(67)43-44-63-66(64)72-62-30-15-14-29-61(62)70-63)47-35-31-45(32-36-47)46-33-39-53(40-34-46)69(51-21-8-3-9-22-51)59-27-16-25-55-54-23-11-13-28-60(54)71-65(55)59;1-63(2)51-31-12-10-29-49(51)60-54(63)34-19-35-56(60)65(46-26-17-24-44(40-46)42-20-5-3-6-21-42)47-27-18-25-45(41-47)64(52-32-13-9-28-48(52)43-22-7-4-8-23-43)53-33-14-11-30-50(53)61-55(64)38-39-59-62(61)67-58-37-16-15-36-57(58)66-59/h1-44H;3-41H,1-2H3. The predicted octanol–water partition coefficient (Wildman–Crippen LogP) is 35.5. The molecule has 0 fully saturated rings. The molecule has 0 saturated carbocycles. The van der Waals surface area contributed by atoms with E-state index in [2.05, 4.69) is 471 Å². The molecule has 8 nitrogen and oxygen atoms in total. The Balaban J connectivity index is 0.000000144. The summed E-state index contributed by atoms with van der Waals surface area (Å²) >= 11 is 0. The summed E-state index contributed by atoms with van der Waals surface area (Å²) in [6.45, 7) is 4.72. The average Bonchev–Trinajstić information content (AvgIpc) is 1.52. The van der Waals surface area contributed by atoms with Crippen LogP contribution in [0.25, 0.3) is 88.7 Å². The molecule has 0 N–H and O–H groups in total. The van der Waals surface area contributed by atoms with Crippen molar-refractivity contribution in [2.24, 2.45) is 0 Å². The van der Waals surface area contributed by atoms with Crippen molar-refractivity contribution in [1.82, 2.24) is 0 Å². The summed E-state index contributed by atoms with van der Waals surface area (Å²) in [7, 11) is 0. The summed E-state index contributed by atoms with van der Waals surface area (Å²) in [5, 5.41) is 2.20. The van der Waals surface area contributed by atoms with Gasteiger partial charge in [-0.3, -0.25) is 0 Å². The molecular weight excluding hydrogens is 1700 g/mol. The molecule has 3 aliphatic carbocycles. The van der Waals surface area contributed by atoms with Crippen LogP contribution in [0.5, 0.6) is 46.0 Å². The SMILES string of the molecule is CC1(C)c2ccccc2-c2c(N(c3cccc(-c4ccccc4)c3)c3cccc(C4(c5ccccc5-c5ccccc5)c5ccccc5-c5c4ccc4c5Oc5ccccc5O4)c3)cccc21.c1ccc(N(c2ccccc2)c2ccc(C3(c4ccc(-c5ccc(N(c6ccccc6)c6cccc7c6oc6ccccc67)cc5)cc4)c4ccccc4-c4c3ccc3c4Oc4ccccc4O3)cc2)cc1. The molecule has 3 heterocycles. The van der Waals surface area contributed by atoms with Crippen LogP contribution in [0.1, 0.15) is 69.5 Å². The van der Waals surface area contributed by atoms with E-state index in [0.29, 0.717) is 34.5 Å². The Morgan fingerprint density at radius 3 is 1.15 bits per heavy atom. The second-order valence-corrected chi connectivity index (χ2v) is 36.7. The minimum atomic E-state index is -0.783. The summed E-state index contributed by atoms with van der Waals surface area (Å²) in [4.78, 5) is 7.09. The summed E-state index contributed by atoms with van der Waals surface area (Å²) < 4.78 is 33.5. The highest BCUT2D eigenvalue weighted by atomic mass is 16.6. The molecule has 2 atom stereocenters. The van der Waals surface area contributed by atoms with Crippen molar-refractivity contribution in [3.8, 4) is 113 Å². The molecule has 139 heavy (non-hydrogen) atoms. The molecule has 2 unspecified atom stereocenters. The van der Waals surface area contributed by atoms with Gasteiger partial charge in [-0.1, -0.05) is 378 Å². The fourth-order valence-corrected chi connectivity index (χ4v) is 22.7. The monoisotopic (exact) mass is 1780 g/mol. The van der Waals surface area contributed by atoms with Gasteiger partial charge in [-0.25, -0.2) is 0 Å². The van der Waals surface area contributed by atoms with Gasteiger partial charge in [0.1, 0.15) is 5.58 Å². The largest absolute Gasteiger partial charge is 0.454 e. The van der Waals surface area contributed by atoms with Crippen LogP contribution in [0.2, 0.25) is 0 Å². The first kappa shape index (κ1) is 81.8. The lowest BCUT2D eigenvalue weighted by molar-refractivity contribution is 0.360. The fraction of sp³-hybridized carbons (Fsp3) is 0.0382. The van der Waals surface area contributed by atoms with Crippen molar-refractivity contribution in [3.05, 3.63) is 559 Å². The quantitative estimate of drug-likeness (QED) is 0.0948. The van der Waals surface area contributed by atoms with Gasteiger partial charge >= 0.3 is 0 Å². The third kappa shape index (κ3) is 13.3. The Hall–Kier alpha value is -18.0. The van der Waals surface area contributed by atoms with Crippen LogP contribution in [0, 0.1) is 0 Å². The van der Waals surface area contributed by atoms with Crippen LogP contribution in [-0.2, 0) is 16.2 Å². The molecule has 21 aromatic carbocycles. The third-order valence-corrected chi connectivity index (χ3v) is 28.8. The highest BCUT2D eigenvalue weighted by molar-refractivity contribution is 6.11. The molecule has 0 spiro atoms. The second-order valence-electron chi connectivity index (χ2n) is 36.7. The van der Waals surface area contributed by atoms with Crippen molar-refractivity contribution in [3.63, 3.8) is 0 Å². The molecule has 0 amide bonds. The smallest absolute Gasteiger partial charge is 0.178 e. The Kier molecular flexibility index (Phi) is 19.6. The second kappa shape index (κ2) is 33.3. The van der Waals surface area contributed by atoms with Gasteiger partial charge in [-0.2, -0.15) is 0 Å². The van der Waals surface area contributed by atoms with Crippen LogP contribution < -0.4 is 33.6 Å². The van der Waals surface area contributed by atoms with Gasteiger partial charge in [0.25, 0.3) is 0 Å². The van der Waals surface area contributed by atoms with Crippen molar-refractivity contribution >= 4 is 73.1 Å². The number of ether oxygens (including phenoxy) is 4. The van der Waals surface area contributed by atoms with E-state index in [1.165, 1.54) is 50.1 Å². The highest BCUT2D eigenvalue weighted by Gasteiger charge is 2.52. The zero-order valence-corrected chi connectivity index (χ0v) is 76.3. The molecule has 22 aromatic rings. The van der Waals surface area contributed by atoms with Crippen molar-refractivity contribution < 1.29 is 23.4 Å². The van der Waals surface area contributed by atoms with Crippen LogP contribution in [0.4, 0.5) is 51.2 Å². The molecule has 2 aliphatic heterocycles. The highest BCUT2D eigenvalue weighted by Crippen LogP contribution is 2.67. The van der Waals surface area contributed by atoms with Gasteiger partial charge in [0.2, 0.25) is 0 Å². The molecule has 0 radical (unpaired) electrons. The van der Waals surface area contributed by atoms with E-state index < -0.39 is 10.8 Å². The Labute approximate surface area is 807 Å². The Morgan fingerprint density at radius 1 is 0.194 bits per heavy atom. The van der Waals surface area contributed by atoms with E-state index in [0.717, 1.165) is 157 Å². The van der Waals surface area contributed by atoms with E-state index in [-0.39, 0.29) is 5.41 Å². The number of nitrogens with zero attached hydrogens (tertiary/aromatic N) is 3. The van der Waals surface area contributed by atoms with Gasteiger partial charge in [0.05, 0.1) is 22.2 Å². The number of para-hydroxylation sites is 9. The molecule has 1 aromatic heterocycles. The average molecular weight is 1790 g/mol. The topological polar surface area (TPSA) is 59.8 Å². The van der Waals surface area contributed by atoms with E-state index in [9.17, 15) is 0 Å². The maximum Gasteiger partial charge on any atom is 0.178 e. The Bertz CT molecular complexity index is 8500. The number of rotatable bonds is 16. The van der Waals surface area contributed by atoms with Crippen molar-refractivity contribution in [1.29, 1.82) is 0 Å². The van der Waals surface area contributed by atoms with Gasteiger partial charge in [-0.15, -0.1) is 0 Å². The van der Waals surface area contributed by atoms with Crippen LogP contribution >= 0.6 is 0 Å². The lowest BCUT2D eigenvalue weighted by Crippen LogP contribution is -2.29. The van der Waals surface area contributed by atoms with Gasteiger partial charge in [0, 0.05) is 72.7 Å². The zero-order valence-electron chi connectivity index (χ0n) is 76.3. The first-order valence-electron chi connectivity index (χ1n) is 47.6. The minimum Gasteiger partial charge on any atom is -0.454 e. The first-order chi connectivity index (χ1) is 68.7. The molecule has 0 bridgehead atoms. The number of hydrogen-bond donors (Lipinski definition) is 0. The maximum absolute atomic E-state index is 6.94. The lowest BCUT2D eigenvalue weighted by atomic mass is 9.65. The molecule has 8 heteroatoms. The fourth-order valence-electron chi connectivity index (χ4n) is 22.7. The number of anilines is 9. The van der Waals surface area contributed by atoms with Crippen LogP contribution in [0.15, 0.2) is 508 Å². The van der Waals surface area contributed by atoms with E-state index in [4.69, 9.17) is 23.4 Å². The summed E-state index contributed by atoms with van der Waals surface area (Å²) in [6, 6.07) is 180. The number of hydrogen-bond acceptors (Lipinski definition) is 8. The predicted molar refractivity (Wildman–Crippen MR) is 566 cm³/mol. The van der Waals surface area contributed by atoms with Gasteiger partial charge in [0.15, 0.2) is 51.6 Å². The van der Waals surface area contributed by atoms with Crippen LogP contribution in [-0.4, -0.2) is 0 Å². The van der Waals surface area contributed by atoms with E-state index >= 15 is 0 Å². The minimum absolute atomic E-state index is 0.171. The summed E-state index contributed by atoms with van der Waals surface area (Å²) in [5.41, 5.74) is 35.4.